The van der Waals surface area contributed by atoms with E-state index in [0.29, 0.717) is 23.8 Å². The summed E-state index contributed by atoms with van der Waals surface area (Å²) in [5, 5.41) is 6.65. The third-order valence-corrected chi connectivity index (χ3v) is 3.76. The van der Waals surface area contributed by atoms with Crippen molar-refractivity contribution < 1.29 is 9.32 Å². The molecule has 0 aliphatic heterocycles. The summed E-state index contributed by atoms with van der Waals surface area (Å²) in [5.41, 5.74) is 2.40. The van der Waals surface area contributed by atoms with E-state index in [1.54, 1.807) is 31.2 Å². The quantitative estimate of drug-likeness (QED) is 0.758. The summed E-state index contributed by atoms with van der Waals surface area (Å²) in [7, 11) is 0. The lowest BCUT2D eigenvalue weighted by molar-refractivity contribution is 0.0951. The van der Waals surface area contributed by atoms with Gasteiger partial charge in [-0.2, -0.15) is 4.98 Å². The smallest absolute Gasteiger partial charge is 0.257 e. The first-order chi connectivity index (χ1) is 11.1. The third-order valence-electron chi connectivity index (χ3n) is 3.26. The van der Waals surface area contributed by atoms with Gasteiger partial charge in [-0.15, -0.1) is 0 Å². The molecule has 1 heterocycles. The van der Waals surface area contributed by atoms with E-state index >= 15 is 0 Å². The molecule has 0 spiro atoms. The number of carbonyl (C=O) groups excluding carboxylic acids is 1. The highest BCUT2D eigenvalue weighted by molar-refractivity contribution is 9.10. The van der Waals surface area contributed by atoms with E-state index in [1.165, 1.54) is 0 Å². The van der Waals surface area contributed by atoms with Gasteiger partial charge < -0.3 is 9.84 Å². The monoisotopic (exact) mass is 371 g/mol. The minimum atomic E-state index is -0.127. The Bertz CT molecular complexity index is 828. The number of carbonyl (C=O) groups is 1. The Hall–Kier alpha value is -2.47. The summed E-state index contributed by atoms with van der Waals surface area (Å²) < 4.78 is 6.09. The van der Waals surface area contributed by atoms with Crippen LogP contribution in [-0.4, -0.2) is 16.0 Å². The molecule has 0 aliphatic carbocycles. The summed E-state index contributed by atoms with van der Waals surface area (Å²) in [6, 6.07) is 14.9. The Morgan fingerprint density at radius 1 is 1.22 bits per heavy atom. The molecule has 0 bridgehead atoms. The van der Waals surface area contributed by atoms with E-state index in [0.717, 1.165) is 15.6 Å². The van der Waals surface area contributed by atoms with E-state index in [2.05, 4.69) is 31.4 Å². The van der Waals surface area contributed by atoms with Gasteiger partial charge in [0.25, 0.3) is 11.8 Å². The number of aryl methyl sites for hydroxylation is 1. The summed E-state index contributed by atoms with van der Waals surface area (Å²) in [6.45, 7) is 2.24. The van der Waals surface area contributed by atoms with Crippen LogP contribution in [0.2, 0.25) is 0 Å². The van der Waals surface area contributed by atoms with Crippen molar-refractivity contribution in [1.29, 1.82) is 0 Å². The predicted octanol–water partition coefficient (Wildman–Crippen LogP) is 3.74. The average Bonchev–Trinajstić information content (AvgIpc) is 2.99. The summed E-state index contributed by atoms with van der Waals surface area (Å²) in [6.07, 6.45) is 0. The Kier molecular flexibility index (Phi) is 4.52. The minimum absolute atomic E-state index is 0.127. The minimum Gasteiger partial charge on any atom is -0.348 e. The van der Waals surface area contributed by atoms with Gasteiger partial charge in [0.05, 0.1) is 0 Å². The van der Waals surface area contributed by atoms with Crippen LogP contribution in [0.25, 0.3) is 11.5 Å². The molecule has 6 heteroatoms. The molecule has 0 unspecified atom stereocenters. The molecular weight excluding hydrogens is 358 g/mol. The molecule has 0 saturated carbocycles. The second-order valence-electron chi connectivity index (χ2n) is 5.04. The van der Waals surface area contributed by atoms with Crippen molar-refractivity contribution in [2.45, 2.75) is 13.5 Å². The third kappa shape index (κ3) is 3.84. The van der Waals surface area contributed by atoms with Crippen LogP contribution in [-0.2, 0) is 6.54 Å². The van der Waals surface area contributed by atoms with Gasteiger partial charge in [0.1, 0.15) is 0 Å². The van der Waals surface area contributed by atoms with E-state index in [4.69, 9.17) is 4.52 Å². The van der Waals surface area contributed by atoms with Crippen molar-refractivity contribution in [3.8, 4) is 11.5 Å². The van der Waals surface area contributed by atoms with Gasteiger partial charge in [0, 0.05) is 22.1 Å². The zero-order valence-electron chi connectivity index (χ0n) is 12.4. The first-order valence-electron chi connectivity index (χ1n) is 7.05. The molecule has 5 nitrogen and oxygen atoms in total. The molecule has 0 aliphatic rings. The number of rotatable bonds is 4. The number of halogens is 1. The van der Waals surface area contributed by atoms with Crippen molar-refractivity contribution in [3.63, 3.8) is 0 Å². The van der Waals surface area contributed by atoms with Gasteiger partial charge in [-0.3, -0.25) is 4.79 Å². The zero-order chi connectivity index (χ0) is 16.2. The van der Waals surface area contributed by atoms with Gasteiger partial charge in [-0.25, -0.2) is 0 Å². The molecular formula is C17H14BrN3O2. The average molecular weight is 372 g/mol. The zero-order valence-corrected chi connectivity index (χ0v) is 14.0. The van der Waals surface area contributed by atoms with E-state index in [1.807, 2.05) is 24.3 Å². The molecule has 1 aromatic heterocycles. The SMILES string of the molecule is Cc1noc(-c2ccc(C(=O)NCc3cccc(Br)c3)cc2)n1. The van der Waals surface area contributed by atoms with Crippen LogP contribution in [0.4, 0.5) is 0 Å². The molecule has 0 fully saturated rings. The van der Waals surface area contributed by atoms with Crippen molar-refractivity contribution in [2.24, 2.45) is 0 Å². The normalized spacial score (nSPS) is 10.5. The number of nitrogens with zero attached hydrogens (tertiary/aromatic N) is 2. The topological polar surface area (TPSA) is 68.0 Å². The molecule has 2 aromatic carbocycles. The number of amides is 1. The standard InChI is InChI=1S/C17H14BrN3O2/c1-11-20-17(23-21-11)14-7-5-13(6-8-14)16(22)19-10-12-3-2-4-15(18)9-12/h2-9H,10H2,1H3,(H,19,22). The second-order valence-corrected chi connectivity index (χ2v) is 5.95. The van der Waals surface area contributed by atoms with Crippen molar-refractivity contribution in [3.05, 3.63) is 70.0 Å². The molecule has 3 rings (SSSR count). The van der Waals surface area contributed by atoms with Crippen LogP contribution in [0.15, 0.2) is 57.5 Å². The lowest BCUT2D eigenvalue weighted by Gasteiger charge is -2.06. The van der Waals surface area contributed by atoms with Gasteiger partial charge in [0.15, 0.2) is 5.82 Å². The highest BCUT2D eigenvalue weighted by Crippen LogP contribution is 2.17. The van der Waals surface area contributed by atoms with Crippen LogP contribution in [0.3, 0.4) is 0 Å². The number of benzene rings is 2. The lowest BCUT2D eigenvalue weighted by Crippen LogP contribution is -2.22. The summed E-state index contributed by atoms with van der Waals surface area (Å²) in [5.74, 6) is 0.901. The van der Waals surface area contributed by atoms with E-state index in [9.17, 15) is 4.79 Å². The number of nitrogens with one attached hydrogen (secondary N) is 1. The second kappa shape index (κ2) is 6.75. The first-order valence-corrected chi connectivity index (χ1v) is 7.84. The summed E-state index contributed by atoms with van der Waals surface area (Å²) >= 11 is 3.41. The number of aromatic nitrogens is 2. The van der Waals surface area contributed by atoms with Gasteiger partial charge in [-0.05, 0) is 48.9 Å². The Morgan fingerprint density at radius 3 is 2.65 bits per heavy atom. The predicted molar refractivity (Wildman–Crippen MR) is 89.8 cm³/mol. The van der Waals surface area contributed by atoms with Crippen LogP contribution in [0.5, 0.6) is 0 Å². The maximum absolute atomic E-state index is 12.2. The maximum Gasteiger partial charge on any atom is 0.257 e. The Morgan fingerprint density at radius 2 is 2.00 bits per heavy atom. The molecule has 1 N–H and O–H groups in total. The van der Waals surface area contributed by atoms with E-state index < -0.39 is 0 Å². The molecule has 3 aromatic rings. The number of hydrogen-bond acceptors (Lipinski definition) is 4. The van der Waals surface area contributed by atoms with Gasteiger partial charge >= 0.3 is 0 Å². The van der Waals surface area contributed by atoms with Crippen molar-refractivity contribution in [2.75, 3.05) is 0 Å². The molecule has 0 radical (unpaired) electrons. The fourth-order valence-electron chi connectivity index (χ4n) is 2.11. The van der Waals surface area contributed by atoms with E-state index in [-0.39, 0.29) is 5.91 Å². The van der Waals surface area contributed by atoms with Crippen LogP contribution in [0, 0.1) is 6.92 Å². The van der Waals surface area contributed by atoms with Crippen LogP contribution < -0.4 is 5.32 Å². The van der Waals surface area contributed by atoms with Crippen LogP contribution in [0.1, 0.15) is 21.7 Å². The van der Waals surface area contributed by atoms with Gasteiger partial charge in [0.2, 0.25) is 0 Å². The molecule has 116 valence electrons. The largest absolute Gasteiger partial charge is 0.348 e. The molecule has 23 heavy (non-hydrogen) atoms. The van der Waals surface area contributed by atoms with Crippen molar-refractivity contribution in [1.82, 2.24) is 15.5 Å². The number of hydrogen-bond donors (Lipinski definition) is 1. The highest BCUT2D eigenvalue weighted by atomic mass is 79.9. The lowest BCUT2D eigenvalue weighted by atomic mass is 10.1. The van der Waals surface area contributed by atoms with Gasteiger partial charge in [-0.1, -0.05) is 33.2 Å². The molecule has 0 atom stereocenters. The first kappa shape index (κ1) is 15.4. The summed E-state index contributed by atoms with van der Waals surface area (Å²) in [4.78, 5) is 16.3. The van der Waals surface area contributed by atoms with Crippen molar-refractivity contribution >= 4 is 21.8 Å². The molecule has 1 amide bonds. The molecule has 0 saturated heterocycles. The fraction of sp³-hybridized carbons (Fsp3) is 0.118. The Labute approximate surface area is 141 Å². The van der Waals surface area contributed by atoms with Crippen LogP contribution >= 0.6 is 15.9 Å². The fourth-order valence-corrected chi connectivity index (χ4v) is 2.56. The highest BCUT2D eigenvalue weighted by Gasteiger charge is 2.09. The Balaban J connectivity index is 1.66. The maximum atomic E-state index is 12.2.